The van der Waals surface area contributed by atoms with E-state index in [9.17, 15) is 0 Å². The van der Waals surface area contributed by atoms with E-state index in [4.69, 9.17) is 23.2 Å². The van der Waals surface area contributed by atoms with Crippen LogP contribution in [-0.4, -0.2) is 14.8 Å². The standard InChI is InChI=1S/C8H7Cl2N3S/c1-5-7(9)3-12-13(5)4-6-2-11-8(10)14-6/h2-3H,4H2,1H3. The number of nitrogens with zero attached hydrogens (tertiary/aromatic N) is 3. The van der Waals surface area contributed by atoms with Crippen molar-refractivity contribution >= 4 is 34.5 Å². The first kappa shape index (κ1) is 9.96. The van der Waals surface area contributed by atoms with Gasteiger partial charge in [-0.05, 0) is 6.92 Å². The van der Waals surface area contributed by atoms with Gasteiger partial charge in [0.25, 0.3) is 0 Å². The van der Waals surface area contributed by atoms with Crippen LogP contribution in [0, 0.1) is 6.92 Å². The van der Waals surface area contributed by atoms with Gasteiger partial charge < -0.3 is 0 Å². The average molecular weight is 248 g/mol. The first-order valence-corrected chi connectivity index (χ1v) is 5.52. The Labute approximate surface area is 95.3 Å². The average Bonchev–Trinajstić information content (AvgIpc) is 2.67. The van der Waals surface area contributed by atoms with Gasteiger partial charge in [-0.15, -0.1) is 11.3 Å². The predicted molar refractivity (Wildman–Crippen MR) is 58.2 cm³/mol. The number of halogens is 2. The van der Waals surface area contributed by atoms with Crippen molar-refractivity contribution in [3.8, 4) is 0 Å². The van der Waals surface area contributed by atoms with Crippen LogP contribution in [0.25, 0.3) is 0 Å². The number of hydrogen-bond acceptors (Lipinski definition) is 3. The number of thiazole rings is 1. The topological polar surface area (TPSA) is 30.7 Å². The monoisotopic (exact) mass is 247 g/mol. The number of aromatic nitrogens is 3. The zero-order chi connectivity index (χ0) is 10.1. The van der Waals surface area contributed by atoms with Gasteiger partial charge in [0, 0.05) is 11.1 Å². The Kier molecular flexibility index (Phi) is 2.76. The Morgan fingerprint density at radius 3 is 2.71 bits per heavy atom. The molecule has 74 valence electrons. The summed E-state index contributed by atoms with van der Waals surface area (Å²) in [6.07, 6.45) is 3.39. The highest BCUT2D eigenvalue weighted by Gasteiger charge is 2.06. The zero-order valence-electron chi connectivity index (χ0n) is 7.37. The molecule has 0 aliphatic rings. The Morgan fingerprint density at radius 2 is 2.21 bits per heavy atom. The molecular weight excluding hydrogens is 241 g/mol. The summed E-state index contributed by atoms with van der Waals surface area (Å²) in [6.45, 7) is 2.60. The van der Waals surface area contributed by atoms with E-state index in [1.54, 1.807) is 12.4 Å². The van der Waals surface area contributed by atoms with Crippen LogP contribution >= 0.6 is 34.5 Å². The molecule has 0 radical (unpaired) electrons. The van der Waals surface area contributed by atoms with Gasteiger partial charge in [0.15, 0.2) is 4.47 Å². The largest absolute Gasteiger partial charge is 0.263 e. The molecule has 3 nitrogen and oxygen atoms in total. The van der Waals surface area contributed by atoms with Crippen LogP contribution in [0.1, 0.15) is 10.6 Å². The summed E-state index contributed by atoms with van der Waals surface area (Å²) < 4.78 is 2.38. The van der Waals surface area contributed by atoms with Crippen molar-refractivity contribution in [3.63, 3.8) is 0 Å². The van der Waals surface area contributed by atoms with E-state index in [1.807, 2.05) is 11.6 Å². The molecule has 2 aromatic heterocycles. The summed E-state index contributed by atoms with van der Waals surface area (Å²) in [7, 11) is 0. The van der Waals surface area contributed by atoms with E-state index in [0.717, 1.165) is 10.6 Å². The maximum absolute atomic E-state index is 5.88. The van der Waals surface area contributed by atoms with Crippen molar-refractivity contribution in [3.05, 3.63) is 32.5 Å². The molecular formula is C8H7Cl2N3S. The van der Waals surface area contributed by atoms with E-state index < -0.39 is 0 Å². The second-order valence-electron chi connectivity index (χ2n) is 2.82. The van der Waals surface area contributed by atoms with Gasteiger partial charge >= 0.3 is 0 Å². The van der Waals surface area contributed by atoms with Crippen LogP contribution in [0.4, 0.5) is 0 Å². The molecule has 0 N–H and O–H groups in total. The molecule has 0 bridgehead atoms. The fourth-order valence-corrected chi connectivity index (χ4v) is 2.19. The van der Waals surface area contributed by atoms with Crippen LogP contribution in [0.5, 0.6) is 0 Å². The highest BCUT2D eigenvalue weighted by Crippen LogP contribution is 2.20. The first-order chi connectivity index (χ1) is 6.66. The third-order valence-corrected chi connectivity index (χ3v) is 3.34. The minimum absolute atomic E-state index is 0.552. The fraction of sp³-hybridized carbons (Fsp3) is 0.250. The van der Waals surface area contributed by atoms with Gasteiger partial charge in [0.05, 0.1) is 23.5 Å². The van der Waals surface area contributed by atoms with Crippen molar-refractivity contribution in [2.75, 3.05) is 0 Å². The molecule has 0 aromatic carbocycles. The highest BCUT2D eigenvalue weighted by molar-refractivity contribution is 7.15. The summed E-state index contributed by atoms with van der Waals surface area (Å²) in [6, 6.07) is 0. The first-order valence-electron chi connectivity index (χ1n) is 3.95. The summed E-state index contributed by atoms with van der Waals surface area (Å²) in [5.74, 6) is 0. The molecule has 2 rings (SSSR count). The zero-order valence-corrected chi connectivity index (χ0v) is 9.70. The molecule has 0 aliphatic heterocycles. The lowest BCUT2D eigenvalue weighted by molar-refractivity contribution is 0.671. The Morgan fingerprint density at radius 1 is 1.43 bits per heavy atom. The predicted octanol–water partition coefficient (Wildman–Crippen LogP) is 3.00. The van der Waals surface area contributed by atoms with E-state index in [1.165, 1.54) is 11.3 Å². The second kappa shape index (κ2) is 3.88. The molecule has 0 fully saturated rings. The molecule has 6 heteroatoms. The minimum atomic E-state index is 0.552. The van der Waals surface area contributed by atoms with Gasteiger partial charge in [0.1, 0.15) is 0 Å². The van der Waals surface area contributed by atoms with Gasteiger partial charge in [-0.1, -0.05) is 23.2 Å². The van der Waals surface area contributed by atoms with E-state index in [2.05, 4.69) is 10.1 Å². The van der Waals surface area contributed by atoms with Crippen molar-refractivity contribution in [1.82, 2.24) is 14.8 Å². The molecule has 0 aliphatic carbocycles. The fourth-order valence-electron chi connectivity index (χ4n) is 1.09. The summed E-state index contributed by atoms with van der Waals surface area (Å²) in [5, 5.41) is 4.82. The Hall–Kier alpha value is -0.580. The number of rotatable bonds is 2. The maximum Gasteiger partial charge on any atom is 0.183 e. The SMILES string of the molecule is Cc1c(Cl)cnn1Cc1cnc(Cl)s1. The summed E-state index contributed by atoms with van der Waals surface area (Å²) in [4.78, 5) is 5.03. The summed E-state index contributed by atoms with van der Waals surface area (Å²) >= 11 is 13.1. The quantitative estimate of drug-likeness (QED) is 0.817. The van der Waals surface area contributed by atoms with E-state index >= 15 is 0 Å². The minimum Gasteiger partial charge on any atom is -0.263 e. The lowest BCUT2D eigenvalue weighted by Gasteiger charge is -2.00. The van der Waals surface area contributed by atoms with Crippen molar-refractivity contribution < 1.29 is 0 Å². The lowest BCUT2D eigenvalue weighted by Crippen LogP contribution is -2.01. The normalized spacial score (nSPS) is 10.8. The van der Waals surface area contributed by atoms with Crippen molar-refractivity contribution in [1.29, 1.82) is 0 Å². The molecule has 0 spiro atoms. The number of hydrogen-bond donors (Lipinski definition) is 0. The van der Waals surface area contributed by atoms with Crippen LogP contribution in [0.3, 0.4) is 0 Å². The molecule has 2 heterocycles. The summed E-state index contributed by atoms with van der Waals surface area (Å²) in [5.41, 5.74) is 0.955. The molecule has 14 heavy (non-hydrogen) atoms. The second-order valence-corrected chi connectivity index (χ2v) is 4.92. The van der Waals surface area contributed by atoms with Gasteiger partial charge in [0.2, 0.25) is 0 Å². The van der Waals surface area contributed by atoms with Crippen LogP contribution in [0.15, 0.2) is 12.4 Å². The van der Waals surface area contributed by atoms with Crippen LogP contribution in [0.2, 0.25) is 9.49 Å². The third kappa shape index (κ3) is 1.92. The molecule has 0 unspecified atom stereocenters. The van der Waals surface area contributed by atoms with Gasteiger partial charge in [-0.2, -0.15) is 5.10 Å². The van der Waals surface area contributed by atoms with Gasteiger partial charge in [-0.3, -0.25) is 4.68 Å². The van der Waals surface area contributed by atoms with Crippen LogP contribution in [-0.2, 0) is 6.54 Å². The van der Waals surface area contributed by atoms with Crippen molar-refractivity contribution in [2.24, 2.45) is 0 Å². The van der Waals surface area contributed by atoms with E-state index in [-0.39, 0.29) is 0 Å². The maximum atomic E-state index is 5.88. The molecule has 0 amide bonds. The lowest BCUT2D eigenvalue weighted by atomic mass is 10.4. The van der Waals surface area contributed by atoms with Crippen molar-refractivity contribution in [2.45, 2.75) is 13.5 Å². The molecule has 0 saturated heterocycles. The van der Waals surface area contributed by atoms with Crippen LogP contribution < -0.4 is 0 Å². The Balaban J connectivity index is 2.22. The molecule has 0 atom stereocenters. The Bertz CT molecular complexity index is 449. The highest BCUT2D eigenvalue weighted by atomic mass is 35.5. The van der Waals surface area contributed by atoms with Gasteiger partial charge in [-0.25, -0.2) is 4.98 Å². The van der Waals surface area contributed by atoms with E-state index in [0.29, 0.717) is 16.0 Å². The smallest absolute Gasteiger partial charge is 0.183 e. The molecule has 2 aromatic rings. The third-order valence-electron chi connectivity index (χ3n) is 1.87. The molecule has 0 saturated carbocycles.